The second-order valence-corrected chi connectivity index (χ2v) is 12.0. The van der Waals surface area contributed by atoms with E-state index in [2.05, 4.69) is 41.4 Å². The summed E-state index contributed by atoms with van der Waals surface area (Å²) in [7, 11) is 0. The molecular weight excluding hydrogens is 388 g/mol. The van der Waals surface area contributed by atoms with Crippen LogP contribution in [0.15, 0.2) is 0 Å². The molecule has 0 aliphatic heterocycles. The molecule has 0 spiro atoms. The van der Waals surface area contributed by atoms with Crippen LogP contribution in [0.25, 0.3) is 0 Å². The van der Waals surface area contributed by atoms with Gasteiger partial charge in [-0.25, -0.2) is 5.10 Å². The van der Waals surface area contributed by atoms with Gasteiger partial charge in [0, 0.05) is 6.42 Å². The summed E-state index contributed by atoms with van der Waals surface area (Å²) in [6.07, 6.45) is 12.1. The molecule has 0 saturated heterocycles. The lowest BCUT2D eigenvalue weighted by atomic mass is 9.41. The van der Waals surface area contributed by atoms with Crippen molar-refractivity contribution in [1.82, 2.24) is 20.6 Å². The lowest BCUT2D eigenvalue weighted by Crippen LogP contribution is -2.62. The average Bonchev–Trinajstić information content (AvgIpc) is 3.38. The Morgan fingerprint density at radius 1 is 1.00 bits per heavy atom. The van der Waals surface area contributed by atoms with Gasteiger partial charge < -0.3 is 10.2 Å². The maximum absolute atomic E-state index is 11.7. The smallest absolute Gasteiger partial charge is 0.148 e. The van der Waals surface area contributed by atoms with Gasteiger partial charge in [-0.1, -0.05) is 27.2 Å². The fourth-order valence-electron chi connectivity index (χ4n) is 9.34. The van der Waals surface area contributed by atoms with Crippen molar-refractivity contribution in [3.05, 3.63) is 5.82 Å². The van der Waals surface area contributed by atoms with Gasteiger partial charge in [-0.05, 0) is 115 Å². The predicted molar refractivity (Wildman–Crippen MR) is 119 cm³/mol. The Kier molecular flexibility index (Phi) is 5.69. The van der Waals surface area contributed by atoms with E-state index in [9.17, 15) is 10.2 Å². The molecule has 6 nitrogen and oxygen atoms in total. The van der Waals surface area contributed by atoms with E-state index >= 15 is 0 Å². The first-order valence-electron chi connectivity index (χ1n) is 13.0. The highest BCUT2D eigenvalue weighted by Gasteiger charge is 2.64. The van der Waals surface area contributed by atoms with Gasteiger partial charge in [-0.3, -0.25) is 0 Å². The number of rotatable bonds is 5. The maximum atomic E-state index is 11.7. The average molecular weight is 431 g/mol. The van der Waals surface area contributed by atoms with Crippen LogP contribution in [-0.4, -0.2) is 43.0 Å². The van der Waals surface area contributed by atoms with E-state index in [1.807, 2.05) is 0 Å². The van der Waals surface area contributed by atoms with Crippen molar-refractivity contribution in [3.8, 4) is 0 Å². The van der Waals surface area contributed by atoms with Crippen LogP contribution in [0.3, 0.4) is 0 Å². The van der Waals surface area contributed by atoms with Crippen LogP contribution in [0.1, 0.15) is 90.8 Å². The Balaban J connectivity index is 1.35. The SMILES string of the molecule is CC[C@H]1[C@@H](O)[C@@H]2[C@H](CC[C@]3(C)[C@@H](CCCc4nnn[nH]4)CC[C@@H]23)[C@@]2(C)CC[C@@H](O)C[C@@H]12. The summed E-state index contributed by atoms with van der Waals surface area (Å²) in [5.41, 5.74) is 0.653. The second-order valence-electron chi connectivity index (χ2n) is 12.0. The van der Waals surface area contributed by atoms with Crippen LogP contribution in [0, 0.1) is 46.3 Å². The highest BCUT2D eigenvalue weighted by atomic mass is 16.3. The van der Waals surface area contributed by atoms with Crippen LogP contribution >= 0.6 is 0 Å². The number of aromatic amines is 1. The van der Waals surface area contributed by atoms with E-state index in [0.29, 0.717) is 40.4 Å². The van der Waals surface area contributed by atoms with Gasteiger partial charge in [0.05, 0.1) is 12.2 Å². The number of nitrogens with one attached hydrogen (secondary N) is 1. The zero-order valence-electron chi connectivity index (χ0n) is 19.6. The highest BCUT2D eigenvalue weighted by molar-refractivity contribution is 5.13. The molecule has 4 aliphatic carbocycles. The molecule has 0 radical (unpaired) electrons. The second kappa shape index (κ2) is 8.09. The summed E-state index contributed by atoms with van der Waals surface area (Å²) in [6, 6.07) is 0. The fraction of sp³-hybridized carbons (Fsp3) is 0.960. The van der Waals surface area contributed by atoms with Crippen molar-refractivity contribution in [1.29, 1.82) is 0 Å². The third kappa shape index (κ3) is 3.38. The molecule has 0 amide bonds. The zero-order valence-corrected chi connectivity index (χ0v) is 19.6. The first-order chi connectivity index (χ1) is 14.9. The standard InChI is InChI=1S/C25H42N4O2/c1-4-17-20-14-16(30)10-12-25(20,3)19-11-13-24(2)15(6-5-7-21-26-28-29-27-21)8-9-18(24)22(19)23(17)31/h15-20,22-23,30-31H,4-14H2,1-3H3,(H,26,27,28,29)/t15-,16+,17+,18-,19-,20-,22-,23+,24+,25+/m0/s1. The number of aryl methyl sites for hydroxylation is 1. The van der Waals surface area contributed by atoms with Crippen molar-refractivity contribution in [2.24, 2.45) is 46.3 Å². The van der Waals surface area contributed by atoms with Crippen LogP contribution < -0.4 is 0 Å². The quantitative estimate of drug-likeness (QED) is 0.652. The lowest BCUT2D eigenvalue weighted by Gasteiger charge is -2.64. The first-order valence-corrected chi connectivity index (χ1v) is 13.0. The molecule has 0 unspecified atom stereocenters. The minimum Gasteiger partial charge on any atom is -0.393 e. The number of aliphatic hydroxyl groups is 2. The topological polar surface area (TPSA) is 94.9 Å². The van der Waals surface area contributed by atoms with E-state index in [1.54, 1.807) is 0 Å². The van der Waals surface area contributed by atoms with Crippen molar-refractivity contribution in [2.75, 3.05) is 0 Å². The third-order valence-corrected chi connectivity index (χ3v) is 10.9. The Bertz CT molecular complexity index is 757. The van der Waals surface area contributed by atoms with E-state index in [0.717, 1.165) is 50.3 Å². The van der Waals surface area contributed by atoms with Gasteiger partial charge in [0.25, 0.3) is 0 Å². The number of H-pyrrole nitrogens is 1. The minimum atomic E-state index is -0.193. The molecule has 4 saturated carbocycles. The molecular formula is C25H42N4O2. The highest BCUT2D eigenvalue weighted by Crippen LogP contribution is 2.69. The molecule has 0 bridgehead atoms. The summed E-state index contributed by atoms with van der Waals surface area (Å²) in [4.78, 5) is 0. The van der Waals surface area contributed by atoms with E-state index < -0.39 is 0 Å². The monoisotopic (exact) mass is 430 g/mol. The van der Waals surface area contributed by atoms with Crippen LogP contribution in [0.2, 0.25) is 0 Å². The maximum Gasteiger partial charge on any atom is 0.148 e. The van der Waals surface area contributed by atoms with Crippen molar-refractivity contribution in [2.45, 2.75) is 104 Å². The summed E-state index contributed by atoms with van der Waals surface area (Å²) in [5.74, 6) is 4.20. The van der Waals surface area contributed by atoms with Crippen LogP contribution in [-0.2, 0) is 6.42 Å². The molecule has 10 atom stereocenters. The molecule has 4 fully saturated rings. The first kappa shape index (κ1) is 21.8. The van der Waals surface area contributed by atoms with Crippen molar-refractivity contribution >= 4 is 0 Å². The lowest BCUT2D eigenvalue weighted by molar-refractivity contribution is -0.202. The van der Waals surface area contributed by atoms with Gasteiger partial charge in [0.1, 0.15) is 5.82 Å². The third-order valence-electron chi connectivity index (χ3n) is 10.9. The molecule has 4 aliphatic rings. The number of fused-ring (bicyclic) bond motifs is 5. The Morgan fingerprint density at radius 2 is 1.77 bits per heavy atom. The molecule has 3 N–H and O–H groups in total. The van der Waals surface area contributed by atoms with Crippen molar-refractivity contribution in [3.63, 3.8) is 0 Å². The molecule has 1 aromatic rings. The van der Waals surface area contributed by atoms with Crippen LogP contribution in [0.4, 0.5) is 0 Å². The van der Waals surface area contributed by atoms with E-state index in [-0.39, 0.29) is 12.2 Å². The normalized spacial score (nSPS) is 49.3. The number of aromatic nitrogens is 4. The van der Waals surface area contributed by atoms with Crippen LogP contribution in [0.5, 0.6) is 0 Å². The largest absolute Gasteiger partial charge is 0.393 e. The number of aliphatic hydroxyl groups excluding tert-OH is 2. The van der Waals surface area contributed by atoms with Crippen molar-refractivity contribution < 1.29 is 10.2 Å². The Hall–Kier alpha value is -1.01. The Labute approximate surface area is 187 Å². The van der Waals surface area contributed by atoms with Gasteiger partial charge in [-0.15, -0.1) is 5.10 Å². The number of tetrazole rings is 1. The molecule has 5 rings (SSSR count). The number of hydrogen-bond donors (Lipinski definition) is 3. The van der Waals surface area contributed by atoms with E-state index in [1.165, 1.54) is 32.1 Å². The van der Waals surface area contributed by atoms with Gasteiger partial charge >= 0.3 is 0 Å². The Morgan fingerprint density at radius 3 is 2.52 bits per heavy atom. The number of nitrogens with zero attached hydrogens (tertiary/aromatic N) is 3. The summed E-state index contributed by atoms with van der Waals surface area (Å²) in [5, 5.41) is 36.5. The number of hydrogen-bond acceptors (Lipinski definition) is 5. The van der Waals surface area contributed by atoms with Gasteiger partial charge in [0.2, 0.25) is 0 Å². The molecule has 1 aromatic heterocycles. The molecule has 6 heteroatoms. The summed E-state index contributed by atoms with van der Waals surface area (Å²) < 4.78 is 0. The molecule has 31 heavy (non-hydrogen) atoms. The fourth-order valence-corrected chi connectivity index (χ4v) is 9.34. The molecule has 174 valence electrons. The molecule has 0 aromatic carbocycles. The zero-order chi connectivity index (χ0) is 21.8. The summed E-state index contributed by atoms with van der Waals surface area (Å²) in [6.45, 7) is 7.33. The van der Waals surface area contributed by atoms with Gasteiger partial charge in [-0.2, -0.15) is 0 Å². The molecule has 1 heterocycles. The minimum absolute atomic E-state index is 0.167. The van der Waals surface area contributed by atoms with Gasteiger partial charge in [0.15, 0.2) is 0 Å². The summed E-state index contributed by atoms with van der Waals surface area (Å²) >= 11 is 0. The van der Waals surface area contributed by atoms with E-state index in [4.69, 9.17) is 0 Å². The predicted octanol–water partition coefficient (Wildman–Crippen LogP) is 4.15.